The molecule has 4 rings (SSSR count). The van der Waals surface area contributed by atoms with E-state index in [4.69, 9.17) is 23.7 Å². The molecule has 11 atom stereocenters. The monoisotopic (exact) mass is 684 g/mol. The molecule has 1 unspecified atom stereocenters. The zero-order valence-electron chi connectivity index (χ0n) is 24.9. The molecule has 0 bridgehead atoms. The number of hydrogen-bond acceptors (Lipinski definition) is 17. The van der Waals surface area contributed by atoms with Crippen LogP contribution in [0.5, 0.6) is 23.0 Å². The first-order valence-corrected chi connectivity index (χ1v) is 14.4. The molecule has 2 aromatic rings. The van der Waals surface area contributed by atoms with Gasteiger partial charge in [-0.2, -0.15) is 0 Å². The number of carbonyl (C=O) groups is 2. The van der Waals surface area contributed by atoms with E-state index in [1.165, 1.54) is 30.3 Å². The predicted molar refractivity (Wildman–Crippen MR) is 155 cm³/mol. The highest BCUT2D eigenvalue weighted by Crippen LogP contribution is 2.33. The number of hydrogen-bond donors (Lipinski definition) is 11. The van der Waals surface area contributed by atoms with Crippen molar-refractivity contribution in [1.82, 2.24) is 0 Å². The van der Waals surface area contributed by atoms with Crippen LogP contribution in [0.25, 0.3) is 6.08 Å². The second-order valence-corrected chi connectivity index (χ2v) is 11.0. The van der Waals surface area contributed by atoms with Gasteiger partial charge in [-0.3, -0.25) is 0 Å². The van der Waals surface area contributed by atoms with Gasteiger partial charge >= 0.3 is 11.9 Å². The number of aliphatic hydroxyl groups is 8. The van der Waals surface area contributed by atoms with Crippen molar-refractivity contribution in [3.8, 4) is 23.0 Å². The van der Waals surface area contributed by atoms with Crippen LogP contribution in [-0.2, 0) is 30.2 Å². The Labute approximate surface area is 271 Å². The summed E-state index contributed by atoms with van der Waals surface area (Å²) in [5, 5.41) is 109. The van der Waals surface area contributed by atoms with Crippen LogP contribution in [0.3, 0.4) is 0 Å². The molecule has 2 fully saturated rings. The van der Waals surface area contributed by atoms with Gasteiger partial charge in [0.05, 0.1) is 13.2 Å². The van der Waals surface area contributed by atoms with Gasteiger partial charge in [0.2, 0.25) is 18.7 Å². The lowest BCUT2D eigenvalue weighted by Crippen LogP contribution is -2.60. The van der Waals surface area contributed by atoms with Crippen molar-refractivity contribution < 1.29 is 89.4 Å². The summed E-state index contributed by atoms with van der Waals surface area (Å²) >= 11 is 0. The van der Waals surface area contributed by atoms with Gasteiger partial charge in [-0.15, -0.1) is 0 Å². The number of rotatable bonds is 12. The van der Waals surface area contributed by atoms with Crippen molar-refractivity contribution >= 4 is 18.0 Å². The van der Waals surface area contributed by atoms with E-state index in [9.17, 15) is 65.8 Å². The van der Waals surface area contributed by atoms with Crippen LogP contribution >= 0.6 is 0 Å². The van der Waals surface area contributed by atoms with E-state index in [0.29, 0.717) is 0 Å². The van der Waals surface area contributed by atoms with Crippen molar-refractivity contribution in [3.05, 3.63) is 53.6 Å². The summed E-state index contributed by atoms with van der Waals surface area (Å²) in [6.45, 7) is -1.38. The second kappa shape index (κ2) is 15.9. The van der Waals surface area contributed by atoms with Crippen molar-refractivity contribution in [3.63, 3.8) is 0 Å². The molecule has 0 saturated carbocycles. The minimum absolute atomic E-state index is 0.192. The van der Waals surface area contributed by atoms with Gasteiger partial charge in [0.25, 0.3) is 0 Å². The Morgan fingerprint density at radius 1 is 0.729 bits per heavy atom. The number of esters is 1. The van der Waals surface area contributed by atoms with Crippen molar-refractivity contribution in [2.24, 2.45) is 0 Å². The van der Waals surface area contributed by atoms with E-state index in [1.807, 2.05) is 0 Å². The van der Waals surface area contributed by atoms with Crippen LogP contribution in [0, 0.1) is 0 Å². The molecule has 48 heavy (non-hydrogen) atoms. The van der Waals surface area contributed by atoms with E-state index >= 15 is 0 Å². The molecule has 2 aliphatic heterocycles. The minimum atomic E-state index is -1.74. The van der Waals surface area contributed by atoms with E-state index in [0.717, 1.165) is 18.2 Å². The molecule has 2 heterocycles. The van der Waals surface area contributed by atoms with Gasteiger partial charge in [-0.1, -0.05) is 12.1 Å². The number of phenolic OH excluding ortho intramolecular Hbond substituents is 2. The lowest BCUT2D eigenvalue weighted by Gasteiger charge is -2.39. The smallest absolute Gasteiger partial charge is 0.345 e. The van der Waals surface area contributed by atoms with Gasteiger partial charge in [0, 0.05) is 12.5 Å². The average molecular weight is 685 g/mol. The summed E-state index contributed by atoms with van der Waals surface area (Å²) in [6, 6.07) is 7.39. The molecule has 0 radical (unpaired) electrons. The largest absolute Gasteiger partial charge is 0.504 e. The number of ether oxygens (including phenoxy) is 5. The third-order valence-electron chi connectivity index (χ3n) is 7.56. The second-order valence-electron chi connectivity index (χ2n) is 11.0. The average Bonchev–Trinajstić information content (AvgIpc) is 3.05. The third kappa shape index (κ3) is 8.49. The van der Waals surface area contributed by atoms with Gasteiger partial charge in [0.15, 0.2) is 23.0 Å². The molecule has 18 nitrogen and oxygen atoms in total. The van der Waals surface area contributed by atoms with E-state index in [-0.39, 0.29) is 22.6 Å². The Balaban J connectivity index is 1.35. The highest BCUT2D eigenvalue weighted by atomic mass is 16.7. The number of carboxylic acids is 1. The Bertz CT molecular complexity index is 1440. The molecular formula is C30H36O18. The van der Waals surface area contributed by atoms with Crippen LogP contribution in [0.15, 0.2) is 42.5 Å². The number of carboxylic acid groups (broad SMARTS) is 1. The molecule has 0 amide bonds. The number of aliphatic carboxylic acids is 1. The molecule has 0 spiro atoms. The summed E-state index contributed by atoms with van der Waals surface area (Å²) in [5.41, 5.74) is 0.426. The number of benzene rings is 2. The van der Waals surface area contributed by atoms with Crippen molar-refractivity contribution in [1.29, 1.82) is 0 Å². The van der Waals surface area contributed by atoms with Gasteiger partial charge in [-0.05, 0) is 41.5 Å². The minimum Gasteiger partial charge on any atom is -0.504 e. The molecular weight excluding hydrogens is 648 g/mol. The number of phenols is 2. The zero-order valence-corrected chi connectivity index (χ0v) is 24.9. The molecule has 18 heteroatoms. The van der Waals surface area contributed by atoms with Crippen LogP contribution in [0.2, 0.25) is 0 Å². The Hall–Kier alpha value is -4.08. The number of carbonyl (C=O) groups excluding carboxylic acids is 1. The molecule has 0 aliphatic carbocycles. The Morgan fingerprint density at radius 3 is 1.69 bits per heavy atom. The zero-order chi connectivity index (χ0) is 35.3. The van der Waals surface area contributed by atoms with Gasteiger partial charge < -0.3 is 79.9 Å². The molecule has 11 N–H and O–H groups in total. The van der Waals surface area contributed by atoms with Crippen LogP contribution < -0.4 is 9.47 Å². The maximum Gasteiger partial charge on any atom is 0.345 e. The topological polar surface area (TPSA) is 303 Å². The predicted octanol–water partition coefficient (Wildman–Crippen LogP) is -3.29. The third-order valence-corrected chi connectivity index (χ3v) is 7.56. The summed E-state index contributed by atoms with van der Waals surface area (Å²) in [5.74, 6) is -4.05. The van der Waals surface area contributed by atoms with Crippen LogP contribution in [0.1, 0.15) is 11.1 Å². The lowest BCUT2D eigenvalue weighted by atomic mass is 9.99. The molecule has 0 aromatic heterocycles. The summed E-state index contributed by atoms with van der Waals surface area (Å²) in [4.78, 5) is 24.2. The maximum absolute atomic E-state index is 12.4. The molecule has 2 saturated heterocycles. The Morgan fingerprint density at radius 2 is 1.23 bits per heavy atom. The molecule has 2 aliphatic rings. The van der Waals surface area contributed by atoms with Crippen LogP contribution in [0.4, 0.5) is 0 Å². The highest BCUT2D eigenvalue weighted by Gasteiger charge is 2.46. The number of aliphatic hydroxyl groups excluding tert-OH is 8. The molecule has 2 aromatic carbocycles. The summed E-state index contributed by atoms with van der Waals surface area (Å²) in [6.07, 6.45) is -15.7. The number of aromatic hydroxyl groups is 2. The maximum atomic E-state index is 12.4. The quantitative estimate of drug-likeness (QED) is 0.0771. The first-order chi connectivity index (χ1) is 22.7. The van der Waals surface area contributed by atoms with Gasteiger partial charge in [0.1, 0.15) is 48.8 Å². The fraction of sp³-hybridized carbons (Fsp3) is 0.467. The highest BCUT2D eigenvalue weighted by molar-refractivity contribution is 5.89. The Kier molecular flexibility index (Phi) is 12.2. The summed E-state index contributed by atoms with van der Waals surface area (Å²) < 4.78 is 26.3. The normalized spacial score (nSPS) is 31.2. The van der Waals surface area contributed by atoms with E-state index in [1.54, 1.807) is 0 Å². The SMILES string of the molecule is O=C(/C=C/c1ccc(O[C@@H]2O[C@H](CO)[C@@H](O)[C@H](O)[C@H]2O)c(O)c1)OC(Cc1ccc(O[C@H]2O[C@H](CO)[C@@H](O)[C@H](O)[C@H]2O)c(O)c1)C(=O)O. The standard InChI is InChI=1S/C30H36O18/c31-10-19-22(36)24(38)26(40)29(47-19)45-16-4-1-12(7-14(16)33)3-6-21(35)44-18(28(42)43)9-13-2-5-17(15(34)8-13)46-30-27(41)25(39)23(37)20(11-32)48-30/h1-8,18-20,22-27,29-34,36-41H,9-11H2,(H,42,43)/b6-3+/t18?,19-,20-,22-,23-,24+,25+,26-,27-,29-,30+/m1/s1. The fourth-order valence-corrected chi connectivity index (χ4v) is 4.84. The van der Waals surface area contributed by atoms with Crippen LogP contribution in [-0.4, -0.2) is 149 Å². The van der Waals surface area contributed by atoms with E-state index < -0.39 is 111 Å². The van der Waals surface area contributed by atoms with E-state index in [2.05, 4.69) is 0 Å². The lowest BCUT2D eigenvalue weighted by molar-refractivity contribution is -0.277. The first kappa shape index (κ1) is 36.8. The van der Waals surface area contributed by atoms with Crippen molar-refractivity contribution in [2.45, 2.75) is 73.9 Å². The van der Waals surface area contributed by atoms with Gasteiger partial charge in [-0.25, -0.2) is 9.59 Å². The first-order valence-electron chi connectivity index (χ1n) is 14.4. The van der Waals surface area contributed by atoms with Crippen molar-refractivity contribution in [2.75, 3.05) is 13.2 Å². The molecule has 264 valence electrons. The fourth-order valence-electron chi connectivity index (χ4n) is 4.84. The summed E-state index contributed by atoms with van der Waals surface area (Å²) in [7, 11) is 0.